The molecule has 0 saturated carbocycles. The number of hydrogen-bond donors (Lipinski definition) is 2. The number of carbonyl (C=O) groups is 2. The third-order valence-electron chi connectivity index (χ3n) is 7.44. The first-order valence-corrected chi connectivity index (χ1v) is 13.4. The fourth-order valence-corrected chi connectivity index (χ4v) is 5.36. The van der Waals surface area contributed by atoms with Crippen molar-refractivity contribution < 1.29 is 19.1 Å². The lowest BCUT2D eigenvalue weighted by molar-refractivity contribution is -0.125. The predicted molar refractivity (Wildman–Crippen MR) is 149 cm³/mol. The Morgan fingerprint density at radius 2 is 2.00 bits per heavy atom. The van der Waals surface area contributed by atoms with E-state index >= 15 is 0 Å². The number of halogens is 1. The standard InChI is InChI=1S/C28H33ClN6O4/c1-28(11-5-6-18-16-35(3)26(37)23(18)28)39-25-20(29)15-30-27(33-25)32-21-8-7-17(14-22(21)38-4)24(36)31-19-9-12-34(2)13-10-19/h5-8,14-15,19H,9-13,16H2,1-4H3,(H,31,36)(H,30,32,33). The van der Waals surface area contributed by atoms with Crippen molar-refractivity contribution in [2.24, 2.45) is 0 Å². The van der Waals surface area contributed by atoms with Gasteiger partial charge in [0, 0.05) is 31.6 Å². The first kappa shape index (κ1) is 27.0. The maximum atomic E-state index is 12.9. The normalized spacial score (nSPS) is 21.7. The quantitative estimate of drug-likeness (QED) is 0.536. The minimum atomic E-state index is -0.915. The minimum absolute atomic E-state index is 0.0648. The Labute approximate surface area is 233 Å². The summed E-state index contributed by atoms with van der Waals surface area (Å²) < 4.78 is 11.9. The molecule has 1 aromatic heterocycles. The molecular weight excluding hydrogens is 520 g/mol. The lowest BCUT2D eigenvalue weighted by Crippen LogP contribution is -2.43. The number of likely N-dealkylation sites (N-methyl/N-ethyl adjacent to an activating group) is 1. The first-order chi connectivity index (χ1) is 18.7. The van der Waals surface area contributed by atoms with Crippen LogP contribution >= 0.6 is 11.6 Å². The van der Waals surface area contributed by atoms with Crippen molar-refractivity contribution in [1.82, 2.24) is 25.1 Å². The fraction of sp³-hybridized carbons (Fsp3) is 0.429. The summed E-state index contributed by atoms with van der Waals surface area (Å²) in [5, 5.41) is 6.48. The van der Waals surface area contributed by atoms with Crippen molar-refractivity contribution in [1.29, 1.82) is 0 Å². The fourth-order valence-electron chi connectivity index (χ4n) is 5.23. The van der Waals surface area contributed by atoms with Crippen molar-refractivity contribution in [3.05, 3.63) is 58.3 Å². The maximum absolute atomic E-state index is 12.9. The summed E-state index contributed by atoms with van der Waals surface area (Å²) in [5.41, 5.74) is 1.72. The van der Waals surface area contributed by atoms with Crippen LogP contribution in [0, 0.1) is 0 Å². The molecule has 1 unspecified atom stereocenters. The Hall–Kier alpha value is -3.63. The van der Waals surface area contributed by atoms with Crippen LogP contribution in [0.4, 0.5) is 11.6 Å². The molecule has 2 aliphatic heterocycles. The maximum Gasteiger partial charge on any atom is 0.254 e. The predicted octanol–water partition coefficient (Wildman–Crippen LogP) is 3.57. The number of methoxy groups -OCH3 is 1. The van der Waals surface area contributed by atoms with Gasteiger partial charge in [0.1, 0.15) is 16.4 Å². The zero-order valence-corrected chi connectivity index (χ0v) is 23.3. The van der Waals surface area contributed by atoms with Crippen LogP contribution in [0.3, 0.4) is 0 Å². The zero-order chi connectivity index (χ0) is 27.7. The van der Waals surface area contributed by atoms with Crippen LogP contribution in [0.25, 0.3) is 0 Å². The largest absolute Gasteiger partial charge is 0.495 e. The van der Waals surface area contributed by atoms with Gasteiger partial charge in [-0.05, 0) is 63.7 Å². The molecule has 1 fully saturated rings. The molecule has 3 heterocycles. The van der Waals surface area contributed by atoms with Gasteiger partial charge < -0.3 is 29.9 Å². The first-order valence-electron chi connectivity index (χ1n) is 13.0. The molecular formula is C28H33ClN6O4. The molecule has 2 N–H and O–H groups in total. The number of aromatic nitrogens is 2. The summed E-state index contributed by atoms with van der Waals surface area (Å²) in [7, 11) is 5.39. The highest BCUT2D eigenvalue weighted by molar-refractivity contribution is 6.31. The van der Waals surface area contributed by atoms with Crippen molar-refractivity contribution in [3.8, 4) is 11.6 Å². The number of hydrogen-bond acceptors (Lipinski definition) is 8. The van der Waals surface area contributed by atoms with Crippen molar-refractivity contribution in [2.45, 2.75) is 37.8 Å². The van der Waals surface area contributed by atoms with Gasteiger partial charge in [-0.2, -0.15) is 4.98 Å². The van der Waals surface area contributed by atoms with Gasteiger partial charge in [0.05, 0.1) is 24.6 Å². The highest BCUT2D eigenvalue weighted by Crippen LogP contribution is 2.40. The average Bonchev–Trinajstić information content (AvgIpc) is 3.21. The second-order valence-corrected chi connectivity index (χ2v) is 10.8. The van der Waals surface area contributed by atoms with E-state index in [1.807, 2.05) is 19.1 Å². The summed E-state index contributed by atoms with van der Waals surface area (Å²) in [6.45, 7) is 4.34. The number of rotatable bonds is 7. The van der Waals surface area contributed by atoms with Gasteiger partial charge in [0.2, 0.25) is 11.8 Å². The number of piperidine rings is 1. The molecule has 1 saturated heterocycles. The van der Waals surface area contributed by atoms with E-state index in [1.165, 1.54) is 13.3 Å². The van der Waals surface area contributed by atoms with Crippen LogP contribution in [-0.4, -0.2) is 84.1 Å². The van der Waals surface area contributed by atoms with E-state index in [4.69, 9.17) is 21.1 Å². The smallest absolute Gasteiger partial charge is 0.254 e. The lowest BCUT2D eigenvalue weighted by Gasteiger charge is -2.32. The second kappa shape index (κ2) is 10.9. The van der Waals surface area contributed by atoms with Crippen LogP contribution in [0.1, 0.15) is 36.5 Å². The Balaban J connectivity index is 1.32. The summed E-state index contributed by atoms with van der Waals surface area (Å²) in [6.07, 6.45) is 7.77. The molecule has 2 amide bonds. The van der Waals surface area contributed by atoms with Crippen molar-refractivity contribution in [3.63, 3.8) is 0 Å². The van der Waals surface area contributed by atoms with E-state index in [2.05, 4.69) is 32.5 Å². The lowest BCUT2D eigenvalue weighted by atomic mass is 9.85. The summed E-state index contributed by atoms with van der Waals surface area (Å²) in [5.74, 6) is 0.656. The van der Waals surface area contributed by atoms with Gasteiger partial charge >= 0.3 is 0 Å². The number of nitrogens with one attached hydrogen (secondary N) is 2. The highest BCUT2D eigenvalue weighted by Gasteiger charge is 2.44. The molecule has 1 atom stereocenters. The van der Waals surface area contributed by atoms with Crippen LogP contribution in [-0.2, 0) is 4.79 Å². The molecule has 5 rings (SSSR count). The number of carbonyl (C=O) groups excluding carboxylic acids is 2. The number of anilines is 2. The van der Waals surface area contributed by atoms with Crippen LogP contribution in [0.15, 0.2) is 47.7 Å². The van der Waals surface area contributed by atoms with Gasteiger partial charge in [0.15, 0.2) is 0 Å². The highest BCUT2D eigenvalue weighted by atomic mass is 35.5. The second-order valence-electron chi connectivity index (χ2n) is 10.4. The number of benzene rings is 1. The Bertz CT molecular complexity index is 1350. The summed E-state index contributed by atoms with van der Waals surface area (Å²) >= 11 is 6.41. The number of ether oxygens (including phenoxy) is 2. The van der Waals surface area contributed by atoms with Crippen LogP contribution < -0.4 is 20.1 Å². The van der Waals surface area contributed by atoms with Crippen molar-refractivity contribution in [2.75, 3.05) is 46.2 Å². The Kier molecular flexibility index (Phi) is 7.51. The van der Waals surface area contributed by atoms with Gasteiger partial charge in [-0.25, -0.2) is 4.98 Å². The molecule has 10 nitrogen and oxygen atoms in total. The number of amides is 2. The van der Waals surface area contributed by atoms with Crippen LogP contribution in [0.2, 0.25) is 5.02 Å². The molecule has 1 aromatic carbocycles. The molecule has 0 bridgehead atoms. The number of likely N-dealkylation sites (tertiary alicyclic amines) is 1. The topological polar surface area (TPSA) is 109 Å². The third kappa shape index (κ3) is 5.58. The van der Waals surface area contributed by atoms with E-state index in [0.717, 1.165) is 31.5 Å². The molecule has 0 radical (unpaired) electrons. The van der Waals surface area contributed by atoms with Gasteiger partial charge in [-0.3, -0.25) is 9.59 Å². The molecule has 3 aliphatic rings. The molecule has 206 valence electrons. The summed E-state index contributed by atoms with van der Waals surface area (Å²) in [6, 6.07) is 5.32. The molecule has 0 spiro atoms. The number of nitrogens with zero attached hydrogens (tertiary/aromatic N) is 4. The Morgan fingerprint density at radius 1 is 1.23 bits per heavy atom. The van der Waals surface area contributed by atoms with E-state index < -0.39 is 5.60 Å². The van der Waals surface area contributed by atoms with Crippen molar-refractivity contribution >= 4 is 35.1 Å². The summed E-state index contributed by atoms with van der Waals surface area (Å²) in [4.78, 5) is 38.4. The van der Waals surface area contributed by atoms with E-state index in [-0.39, 0.29) is 34.7 Å². The molecule has 2 aromatic rings. The average molecular weight is 553 g/mol. The minimum Gasteiger partial charge on any atom is -0.495 e. The van der Waals surface area contributed by atoms with Crippen LogP contribution in [0.5, 0.6) is 11.6 Å². The molecule has 11 heteroatoms. The monoisotopic (exact) mass is 552 g/mol. The third-order valence-corrected chi connectivity index (χ3v) is 7.70. The zero-order valence-electron chi connectivity index (χ0n) is 22.6. The van der Waals surface area contributed by atoms with Gasteiger partial charge in [-0.1, -0.05) is 23.8 Å². The SMILES string of the molecule is COc1cc(C(=O)NC2CCN(C)CC2)ccc1Nc1ncc(Cl)c(OC2(C)CC=CC3=C2C(=O)N(C)C3)n1. The van der Waals surface area contributed by atoms with E-state index in [0.29, 0.717) is 35.5 Å². The molecule has 1 aliphatic carbocycles. The van der Waals surface area contributed by atoms with Gasteiger partial charge in [0.25, 0.3) is 11.8 Å². The van der Waals surface area contributed by atoms with E-state index in [1.54, 1.807) is 30.1 Å². The van der Waals surface area contributed by atoms with E-state index in [9.17, 15) is 9.59 Å². The molecule has 39 heavy (non-hydrogen) atoms. The Morgan fingerprint density at radius 3 is 2.74 bits per heavy atom. The van der Waals surface area contributed by atoms with Gasteiger partial charge in [-0.15, -0.1) is 0 Å².